The molecule has 72 valence electrons. The van der Waals surface area contributed by atoms with Gasteiger partial charge in [0.1, 0.15) is 0 Å². The van der Waals surface area contributed by atoms with Crippen molar-refractivity contribution >= 4 is 22.0 Å². The number of fused-ring (bicyclic) bond motifs is 2. The minimum Gasteiger partial charge on any atom is -0.465 e. The molecule has 0 aromatic carbocycles. The van der Waals surface area contributed by atoms with Crippen molar-refractivity contribution in [2.75, 3.05) is 11.9 Å². The molecule has 2 heterocycles. The second-order valence-electron chi connectivity index (χ2n) is 3.72. The van der Waals surface area contributed by atoms with E-state index in [1.807, 2.05) is 6.08 Å². The number of amides is 1. The van der Waals surface area contributed by atoms with Gasteiger partial charge in [-0.25, -0.2) is 4.79 Å². The third-order valence-electron chi connectivity index (χ3n) is 2.90. The Kier molecular flexibility index (Phi) is 2.32. The number of carbonyl (C=O) groups is 1. The average molecular weight is 246 g/mol. The van der Waals surface area contributed by atoms with Crippen LogP contribution < -0.4 is 0 Å². The van der Waals surface area contributed by atoms with Gasteiger partial charge in [-0.2, -0.15) is 0 Å². The highest BCUT2D eigenvalue weighted by Gasteiger charge is 2.38. The first-order valence-corrected chi connectivity index (χ1v) is 5.58. The summed E-state index contributed by atoms with van der Waals surface area (Å²) >= 11 is 3.44. The Bertz CT molecular complexity index is 254. The van der Waals surface area contributed by atoms with Crippen molar-refractivity contribution in [2.24, 2.45) is 11.8 Å². The predicted molar refractivity (Wildman–Crippen MR) is 53.0 cm³/mol. The maximum Gasteiger partial charge on any atom is 0.407 e. The summed E-state index contributed by atoms with van der Waals surface area (Å²) in [6.07, 6.45) is 4.53. The normalized spacial score (nSPS) is 36.7. The van der Waals surface area contributed by atoms with Gasteiger partial charge in [0, 0.05) is 11.9 Å². The maximum absolute atomic E-state index is 10.9. The fourth-order valence-electron chi connectivity index (χ4n) is 2.26. The monoisotopic (exact) mass is 245 g/mol. The smallest absolute Gasteiger partial charge is 0.407 e. The number of carboxylic acid groups (broad SMARTS) is 1. The van der Waals surface area contributed by atoms with Crippen LogP contribution in [0.15, 0.2) is 12.2 Å². The fourth-order valence-corrected chi connectivity index (χ4v) is 2.91. The first-order valence-electron chi connectivity index (χ1n) is 4.46. The zero-order chi connectivity index (χ0) is 9.42. The minimum absolute atomic E-state index is 0.0990. The van der Waals surface area contributed by atoms with Crippen LogP contribution in [0, 0.1) is 11.8 Å². The highest BCUT2D eigenvalue weighted by molar-refractivity contribution is 9.09. The zero-order valence-corrected chi connectivity index (χ0v) is 8.77. The highest BCUT2D eigenvalue weighted by Crippen LogP contribution is 2.35. The molecular weight excluding hydrogens is 234 g/mol. The van der Waals surface area contributed by atoms with Gasteiger partial charge in [-0.15, -0.1) is 0 Å². The predicted octanol–water partition coefficient (Wildman–Crippen LogP) is 1.94. The Morgan fingerprint density at radius 2 is 2.38 bits per heavy atom. The molecule has 1 aliphatic carbocycles. The molecule has 2 bridgehead atoms. The topological polar surface area (TPSA) is 40.5 Å². The molecule has 0 spiro atoms. The van der Waals surface area contributed by atoms with Crippen molar-refractivity contribution in [3.05, 3.63) is 12.2 Å². The summed E-state index contributed by atoms with van der Waals surface area (Å²) in [5, 5.41) is 9.84. The number of halogens is 1. The Morgan fingerprint density at radius 3 is 2.92 bits per heavy atom. The van der Waals surface area contributed by atoms with Crippen molar-refractivity contribution < 1.29 is 9.90 Å². The van der Waals surface area contributed by atoms with Crippen LogP contribution >= 0.6 is 15.9 Å². The van der Waals surface area contributed by atoms with Crippen LogP contribution in [0.25, 0.3) is 0 Å². The lowest BCUT2D eigenvalue weighted by atomic mass is 9.79. The van der Waals surface area contributed by atoms with Gasteiger partial charge in [0.2, 0.25) is 0 Å². The van der Waals surface area contributed by atoms with Gasteiger partial charge in [-0.05, 0) is 18.3 Å². The van der Waals surface area contributed by atoms with Crippen LogP contribution in [-0.4, -0.2) is 34.0 Å². The summed E-state index contributed by atoms with van der Waals surface area (Å²) in [5.74, 6) is 0.892. The molecule has 3 atom stereocenters. The second-order valence-corrected chi connectivity index (χ2v) is 4.37. The molecule has 13 heavy (non-hydrogen) atoms. The Hall–Kier alpha value is -0.510. The van der Waals surface area contributed by atoms with Gasteiger partial charge in [0.15, 0.2) is 0 Å². The Balaban J connectivity index is 2.19. The summed E-state index contributed by atoms with van der Waals surface area (Å²) in [4.78, 5) is 12.4. The van der Waals surface area contributed by atoms with Crippen molar-refractivity contribution in [3.8, 4) is 0 Å². The molecule has 1 fully saturated rings. The molecule has 1 N–H and O–H groups in total. The molecular formula is C9H12BrNO2. The molecule has 3 rings (SSSR count). The van der Waals surface area contributed by atoms with Gasteiger partial charge in [0.25, 0.3) is 0 Å². The molecule has 4 heteroatoms. The van der Waals surface area contributed by atoms with Gasteiger partial charge in [0.05, 0.1) is 6.04 Å². The molecule has 1 amide bonds. The van der Waals surface area contributed by atoms with Gasteiger partial charge < -0.3 is 10.0 Å². The Morgan fingerprint density at radius 1 is 1.62 bits per heavy atom. The van der Waals surface area contributed by atoms with Crippen LogP contribution in [-0.2, 0) is 0 Å². The number of alkyl halides is 1. The molecule has 3 nitrogen and oxygen atoms in total. The molecule has 0 aromatic heterocycles. The van der Waals surface area contributed by atoms with E-state index in [-0.39, 0.29) is 6.04 Å². The summed E-state index contributed by atoms with van der Waals surface area (Å²) < 4.78 is 0. The van der Waals surface area contributed by atoms with E-state index in [1.54, 1.807) is 4.90 Å². The number of nitrogens with zero attached hydrogens (tertiary/aromatic N) is 1. The van der Waals surface area contributed by atoms with Crippen molar-refractivity contribution in [3.63, 3.8) is 0 Å². The molecule has 1 saturated heterocycles. The second kappa shape index (κ2) is 3.33. The third kappa shape index (κ3) is 1.47. The largest absolute Gasteiger partial charge is 0.465 e. The van der Waals surface area contributed by atoms with Gasteiger partial charge in [-0.3, -0.25) is 0 Å². The van der Waals surface area contributed by atoms with E-state index in [4.69, 9.17) is 5.11 Å². The molecule has 0 aromatic rings. The number of rotatable bonds is 1. The van der Waals surface area contributed by atoms with E-state index in [1.165, 1.54) is 0 Å². The molecule has 3 unspecified atom stereocenters. The van der Waals surface area contributed by atoms with Crippen molar-refractivity contribution in [1.29, 1.82) is 0 Å². The quantitative estimate of drug-likeness (QED) is 0.567. The SMILES string of the molecule is O=C(O)N1CC2C=CC1C(CBr)C2. The van der Waals surface area contributed by atoms with E-state index in [9.17, 15) is 4.79 Å². The molecule has 0 saturated carbocycles. The van der Waals surface area contributed by atoms with Crippen molar-refractivity contribution in [1.82, 2.24) is 4.90 Å². The minimum atomic E-state index is -0.787. The van der Waals surface area contributed by atoms with Crippen LogP contribution in [0.1, 0.15) is 6.42 Å². The van der Waals surface area contributed by atoms with Crippen LogP contribution in [0.5, 0.6) is 0 Å². The average Bonchev–Trinajstić information content (AvgIpc) is 2.18. The van der Waals surface area contributed by atoms with Gasteiger partial charge >= 0.3 is 6.09 Å². The van der Waals surface area contributed by atoms with E-state index in [0.29, 0.717) is 18.4 Å². The van der Waals surface area contributed by atoms with E-state index in [0.717, 1.165) is 11.8 Å². The first kappa shape index (κ1) is 9.06. The van der Waals surface area contributed by atoms with E-state index < -0.39 is 6.09 Å². The molecule has 0 radical (unpaired) electrons. The lowest BCUT2D eigenvalue weighted by Crippen LogP contribution is -2.52. The van der Waals surface area contributed by atoms with Gasteiger partial charge in [-0.1, -0.05) is 28.1 Å². The lowest BCUT2D eigenvalue weighted by molar-refractivity contribution is 0.0797. The number of hydrogen-bond acceptors (Lipinski definition) is 1. The third-order valence-corrected chi connectivity index (χ3v) is 3.74. The summed E-state index contributed by atoms with van der Waals surface area (Å²) in [6.45, 7) is 0.681. The summed E-state index contributed by atoms with van der Waals surface area (Å²) in [7, 11) is 0. The summed E-state index contributed by atoms with van der Waals surface area (Å²) in [5.41, 5.74) is 0. The zero-order valence-electron chi connectivity index (χ0n) is 7.19. The highest BCUT2D eigenvalue weighted by atomic mass is 79.9. The fraction of sp³-hybridized carbons (Fsp3) is 0.667. The molecule has 3 aliphatic rings. The van der Waals surface area contributed by atoms with Crippen LogP contribution in [0.4, 0.5) is 4.79 Å². The molecule has 2 aliphatic heterocycles. The van der Waals surface area contributed by atoms with E-state index >= 15 is 0 Å². The maximum atomic E-state index is 10.9. The van der Waals surface area contributed by atoms with E-state index in [2.05, 4.69) is 22.0 Å². The first-order chi connectivity index (χ1) is 6.22. The van der Waals surface area contributed by atoms with Crippen molar-refractivity contribution in [2.45, 2.75) is 12.5 Å². The standard InChI is InChI=1S/C9H12BrNO2/c10-4-7-3-6-1-2-8(7)11(5-6)9(12)13/h1-2,6-8H,3-5H2,(H,12,13). The lowest BCUT2D eigenvalue weighted by Gasteiger charge is -2.44. The van der Waals surface area contributed by atoms with Crippen LogP contribution in [0.3, 0.4) is 0 Å². The summed E-state index contributed by atoms with van der Waals surface area (Å²) in [6, 6.07) is 0.0990. The number of piperidine rings is 1. The van der Waals surface area contributed by atoms with Crippen LogP contribution in [0.2, 0.25) is 0 Å². The number of hydrogen-bond donors (Lipinski definition) is 1. The Labute approximate surface area is 85.5 Å².